The maximum Gasteiger partial charge on any atom is 0.337 e. The molecule has 20 heavy (non-hydrogen) atoms. The van der Waals surface area contributed by atoms with Crippen LogP contribution in [-0.4, -0.2) is 27.2 Å². The molecule has 2 rings (SSSR count). The van der Waals surface area contributed by atoms with Gasteiger partial charge in [-0.2, -0.15) is 0 Å². The van der Waals surface area contributed by atoms with Crippen molar-refractivity contribution < 1.29 is 14.7 Å². The van der Waals surface area contributed by atoms with Gasteiger partial charge in [0.1, 0.15) is 0 Å². The second-order valence-corrected chi connectivity index (χ2v) is 5.32. The van der Waals surface area contributed by atoms with Crippen LogP contribution >= 0.6 is 34.2 Å². The lowest BCUT2D eigenvalue weighted by Crippen LogP contribution is -2.16. The van der Waals surface area contributed by atoms with Crippen LogP contribution in [0.1, 0.15) is 20.8 Å². The van der Waals surface area contributed by atoms with Crippen LogP contribution in [0.2, 0.25) is 5.15 Å². The van der Waals surface area contributed by atoms with Crippen LogP contribution < -0.4 is 5.32 Å². The second kappa shape index (κ2) is 6.14. The maximum atomic E-state index is 11.9. The molecule has 2 aromatic rings. The summed E-state index contributed by atoms with van der Waals surface area (Å²) in [7, 11) is 0. The van der Waals surface area contributed by atoms with E-state index in [1.807, 2.05) is 22.6 Å². The van der Waals surface area contributed by atoms with Gasteiger partial charge in [0.25, 0.3) is 5.91 Å². The Morgan fingerprint density at radius 3 is 2.55 bits per heavy atom. The predicted molar refractivity (Wildman–Crippen MR) is 81.1 cm³/mol. The van der Waals surface area contributed by atoms with Gasteiger partial charge in [-0.3, -0.25) is 4.79 Å². The molecule has 8 heteroatoms. The van der Waals surface area contributed by atoms with Crippen molar-refractivity contribution in [1.82, 2.24) is 10.2 Å². The number of hydrogen-bond acceptors (Lipinski definition) is 4. The van der Waals surface area contributed by atoms with E-state index in [1.165, 1.54) is 24.3 Å². The van der Waals surface area contributed by atoms with Crippen LogP contribution in [0.15, 0.2) is 30.3 Å². The highest BCUT2D eigenvalue weighted by molar-refractivity contribution is 14.1. The number of halogens is 2. The number of anilines is 1. The van der Waals surface area contributed by atoms with E-state index in [9.17, 15) is 9.59 Å². The number of carboxylic acids is 1. The highest BCUT2D eigenvalue weighted by Crippen LogP contribution is 2.19. The SMILES string of the molecule is O=C(Nc1ccc(I)cc1C(=O)O)c1ccc(Cl)nn1. The first-order valence-corrected chi connectivity index (χ1v) is 6.76. The molecule has 6 nitrogen and oxygen atoms in total. The van der Waals surface area contributed by atoms with Crippen molar-refractivity contribution in [2.75, 3.05) is 5.32 Å². The van der Waals surface area contributed by atoms with E-state index >= 15 is 0 Å². The third-order valence-corrected chi connectivity index (χ3v) is 3.20. The third kappa shape index (κ3) is 3.42. The molecule has 0 saturated carbocycles. The van der Waals surface area contributed by atoms with Gasteiger partial charge in [0.05, 0.1) is 11.3 Å². The van der Waals surface area contributed by atoms with E-state index in [2.05, 4.69) is 15.5 Å². The maximum absolute atomic E-state index is 11.9. The van der Waals surface area contributed by atoms with Crippen LogP contribution in [0.5, 0.6) is 0 Å². The standard InChI is InChI=1S/C12H7ClIN3O3/c13-10-4-3-9(16-17-10)11(18)15-8-2-1-6(14)5-7(8)12(19)20/h1-5H,(H,15,18)(H,19,20). The normalized spacial score (nSPS) is 10.1. The van der Waals surface area contributed by atoms with Crippen LogP contribution in [0.4, 0.5) is 5.69 Å². The van der Waals surface area contributed by atoms with E-state index in [1.54, 1.807) is 6.07 Å². The minimum atomic E-state index is -1.12. The molecule has 0 fully saturated rings. The second-order valence-electron chi connectivity index (χ2n) is 3.69. The molecule has 1 aromatic heterocycles. The number of rotatable bonds is 3. The molecule has 0 aliphatic carbocycles. The van der Waals surface area contributed by atoms with Crippen molar-refractivity contribution in [3.05, 3.63) is 50.3 Å². The van der Waals surface area contributed by atoms with Gasteiger partial charge in [0.15, 0.2) is 10.8 Å². The molecule has 0 aliphatic heterocycles. The summed E-state index contributed by atoms with van der Waals surface area (Å²) in [6.07, 6.45) is 0. The summed E-state index contributed by atoms with van der Waals surface area (Å²) < 4.78 is 0.754. The summed E-state index contributed by atoms with van der Waals surface area (Å²) in [5, 5.41) is 18.9. The summed E-state index contributed by atoms with van der Waals surface area (Å²) in [6.45, 7) is 0. The average molecular weight is 404 g/mol. The van der Waals surface area contributed by atoms with Gasteiger partial charge in [0.2, 0.25) is 0 Å². The van der Waals surface area contributed by atoms with Gasteiger partial charge in [-0.1, -0.05) is 11.6 Å². The number of amides is 1. The van der Waals surface area contributed by atoms with E-state index in [-0.39, 0.29) is 22.1 Å². The molecule has 1 aromatic carbocycles. The van der Waals surface area contributed by atoms with Crippen LogP contribution in [-0.2, 0) is 0 Å². The van der Waals surface area contributed by atoms with Crippen molar-refractivity contribution in [3.8, 4) is 0 Å². The predicted octanol–water partition coefficient (Wildman–Crippen LogP) is 2.69. The molecule has 0 radical (unpaired) electrons. The molecule has 0 atom stereocenters. The number of aromatic carboxylic acids is 1. The van der Waals surface area contributed by atoms with E-state index in [0.29, 0.717) is 0 Å². The Labute approximate surface area is 132 Å². The zero-order chi connectivity index (χ0) is 14.7. The largest absolute Gasteiger partial charge is 0.478 e. The molecule has 0 saturated heterocycles. The molecule has 2 N–H and O–H groups in total. The fourth-order valence-electron chi connectivity index (χ4n) is 1.43. The number of aromatic nitrogens is 2. The summed E-state index contributed by atoms with van der Waals surface area (Å²) in [5.74, 6) is -1.68. The summed E-state index contributed by atoms with van der Waals surface area (Å²) in [4.78, 5) is 23.1. The molecule has 0 spiro atoms. The number of nitrogens with one attached hydrogen (secondary N) is 1. The van der Waals surface area contributed by atoms with Gasteiger partial charge in [0, 0.05) is 3.57 Å². The average Bonchev–Trinajstić information content (AvgIpc) is 2.41. The first-order chi connectivity index (χ1) is 9.47. The Kier molecular flexibility index (Phi) is 4.50. The lowest BCUT2D eigenvalue weighted by Gasteiger charge is -2.08. The van der Waals surface area contributed by atoms with E-state index in [4.69, 9.17) is 16.7 Å². The molecular formula is C12H7ClIN3O3. The fourth-order valence-corrected chi connectivity index (χ4v) is 2.02. The smallest absolute Gasteiger partial charge is 0.337 e. The minimum absolute atomic E-state index is 0.00664. The highest BCUT2D eigenvalue weighted by atomic mass is 127. The van der Waals surface area contributed by atoms with Crippen molar-refractivity contribution >= 4 is 51.8 Å². The molecule has 0 unspecified atom stereocenters. The summed E-state index contributed by atoms with van der Waals surface area (Å²) in [5.41, 5.74) is 0.246. The third-order valence-electron chi connectivity index (χ3n) is 2.32. The Balaban J connectivity index is 2.28. The first-order valence-electron chi connectivity index (χ1n) is 5.31. The van der Waals surface area contributed by atoms with Gasteiger partial charge >= 0.3 is 5.97 Å². The monoisotopic (exact) mass is 403 g/mol. The molecular weight excluding hydrogens is 397 g/mol. The van der Waals surface area contributed by atoms with Gasteiger partial charge in [-0.05, 0) is 52.9 Å². The van der Waals surface area contributed by atoms with E-state index in [0.717, 1.165) is 3.57 Å². The molecule has 1 amide bonds. The quantitative estimate of drug-likeness (QED) is 0.769. The molecule has 1 heterocycles. The first kappa shape index (κ1) is 14.7. The number of carboxylic acid groups (broad SMARTS) is 1. The fraction of sp³-hybridized carbons (Fsp3) is 0. The molecule has 0 bridgehead atoms. The Morgan fingerprint density at radius 1 is 1.20 bits per heavy atom. The molecule has 0 aliphatic rings. The van der Waals surface area contributed by atoms with Crippen molar-refractivity contribution in [1.29, 1.82) is 0 Å². The van der Waals surface area contributed by atoms with Crippen LogP contribution in [0.3, 0.4) is 0 Å². The summed E-state index contributed by atoms with van der Waals surface area (Å²) in [6, 6.07) is 7.50. The Bertz CT molecular complexity index is 676. The molecule has 102 valence electrons. The zero-order valence-corrected chi connectivity index (χ0v) is 12.7. The van der Waals surface area contributed by atoms with Crippen molar-refractivity contribution in [2.24, 2.45) is 0 Å². The number of carbonyl (C=O) groups is 2. The van der Waals surface area contributed by atoms with Crippen molar-refractivity contribution in [3.63, 3.8) is 0 Å². The van der Waals surface area contributed by atoms with E-state index < -0.39 is 11.9 Å². The van der Waals surface area contributed by atoms with Crippen LogP contribution in [0, 0.1) is 3.57 Å². The highest BCUT2D eigenvalue weighted by Gasteiger charge is 2.15. The Hall–Kier alpha value is -1.74. The lowest BCUT2D eigenvalue weighted by atomic mass is 10.1. The van der Waals surface area contributed by atoms with Crippen LogP contribution in [0.25, 0.3) is 0 Å². The summed E-state index contributed by atoms with van der Waals surface area (Å²) >= 11 is 7.57. The number of hydrogen-bond donors (Lipinski definition) is 2. The number of nitrogens with zero attached hydrogens (tertiary/aromatic N) is 2. The minimum Gasteiger partial charge on any atom is -0.478 e. The number of benzene rings is 1. The number of carbonyl (C=O) groups excluding carboxylic acids is 1. The van der Waals surface area contributed by atoms with Gasteiger partial charge in [-0.15, -0.1) is 10.2 Å². The lowest BCUT2D eigenvalue weighted by molar-refractivity contribution is 0.0698. The topological polar surface area (TPSA) is 92.2 Å². The Morgan fingerprint density at radius 2 is 1.95 bits per heavy atom. The van der Waals surface area contributed by atoms with Gasteiger partial charge in [-0.25, -0.2) is 4.79 Å². The van der Waals surface area contributed by atoms with Crippen molar-refractivity contribution in [2.45, 2.75) is 0 Å². The zero-order valence-electron chi connectivity index (χ0n) is 9.80. The van der Waals surface area contributed by atoms with Gasteiger partial charge < -0.3 is 10.4 Å².